The van der Waals surface area contributed by atoms with E-state index in [1.54, 1.807) is 0 Å². The van der Waals surface area contributed by atoms with E-state index in [2.05, 4.69) is 5.32 Å². The van der Waals surface area contributed by atoms with Gasteiger partial charge in [0.2, 0.25) is 0 Å². The first kappa shape index (κ1) is 15.1. The molecule has 0 radical (unpaired) electrons. The number of rotatable bonds is 8. The quantitative estimate of drug-likeness (QED) is 0.738. The van der Waals surface area contributed by atoms with Crippen molar-refractivity contribution in [2.75, 3.05) is 33.0 Å². The minimum atomic E-state index is -0.192. The van der Waals surface area contributed by atoms with Gasteiger partial charge in [0.05, 0.1) is 0 Å². The van der Waals surface area contributed by atoms with Crippen molar-refractivity contribution in [3.63, 3.8) is 0 Å². The molecule has 20 heavy (non-hydrogen) atoms. The number of hydrogen-bond donors (Lipinski definition) is 1. The lowest BCUT2D eigenvalue weighted by molar-refractivity contribution is -0.133. The maximum Gasteiger partial charge on any atom is 0.169 e. The molecule has 1 aliphatic heterocycles. The van der Waals surface area contributed by atoms with E-state index in [4.69, 9.17) is 18.9 Å². The van der Waals surface area contributed by atoms with E-state index in [0.29, 0.717) is 33.0 Å². The van der Waals surface area contributed by atoms with Gasteiger partial charge in [0.15, 0.2) is 17.8 Å². The van der Waals surface area contributed by atoms with Gasteiger partial charge in [0.25, 0.3) is 0 Å². The van der Waals surface area contributed by atoms with Crippen LogP contribution in [0.5, 0.6) is 11.5 Å². The molecule has 5 nitrogen and oxygen atoms in total. The van der Waals surface area contributed by atoms with Gasteiger partial charge in [-0.1, -0.05) is 6.07 Å². The molecular formula is C15H23NO4. The lowest BCUT2D eigenvalue weighted by Gasteiger charge is -2.20. The molecule has 1 aliphatic rings. The Hall–Kier alpha value is -1.30. The Kier molecular flexibility index (Phi) is 6.11. The smallest absolute Gasteiger partial charge is 0.169 e. The summed E-state index contributed by atoms with van der Waals surface area (Å²) in [4.78, 5) is 0. The van der Waals surface area contributed by atoms with Crippen molar-refractivity contribution in [2.24, 2.45) is 0 Å². The lowest BCUT2D eigenvalue weighted by Crippen LogP contribution is -2.31. The van der Waals surface area contributed by atoms with Gasteiger partial charge in [-0.3, -0.25) is 0 Å². The topological polar surface area (TPSA) is 49.0 Å². The minimum absolute atomic E-state index is 0.192. The Morgan fingerprint density at radius 3 is 2.50 bits per heavy atom. The van der Waals surface area contributed by atoms with Crippen molar-refractivity contribution < 1.29 is 18.9 Å². The lowest BCUT2D eigenvalue weighted by atomic mass is 10.2. The van der Waals surface area contributed by atoms with Crippen LogP contribution in [0.25, 0.3) is 0 Å². The third kappa shape index (κ3) is 4.37. The second-order valence-corrected chi connectivity index (χ2v) is 4.45. The summed E-state index contributed by atoms with van der Waals surface area (Å²) in [6, 6.07) is 6.00. The Morgan fingerprint density at radius 2 is 1.80 bits per heavy atom. The van der Waals surface area contributed by atoms with Crippen LogP contribution in [-0.2, 0) is 16.0 Å². The summed E-state index contributed by atoms with van der Waals surface area (Å²) in [5.41, 5.74) is 1.15. The van der Waals surface area contributed by atoms with Gasteiger partial charge in [0.1, 0.15) is 13.2 Å². The number of benzene rings is 1. The van der Waals surface area contributed by atoms with E-state index in [1.807, 2.05) is 32.0 Å². The molecule has 2 rings (SSSR count). The normalized spacial score (nSPS) is 13.8. The monoisotopic (exact) mass is 281 g/mol. The highest BCUT2D eigenvalue weighted by Crippen LogP contribution is 2.30. The third-order valence-corrected chi connectivity index (χ3v) is 2.95. The molecule has 0 aromatic heterocycles. The average Bonchev–Trinajstić information content (AvgIpc) is 2.47. The average molecular weight is 281 g/mol. The van der Waals surface area contributed by atoms with Crippen LogP contribution in [0.15, 0.2) is 18.2 Å². The summed E-state index contributed by atoms with van der Waals surface area (Å²) in [5, 5.41) is 3.33. The van der Waals surface area contributed by atoms with Crippen LogP contribution in [0, 0.1) is 0 Å². The first-order valence-corrected chi connectivity index (χ1v) is 7.16. The summed E-state index contributed by atoms with van der Waals surface area (Å²) >= 11 is 0. The van der Waals surface area contributed by atoms with Gasteiger partial charge in [-0.25, -0.2) is 0 Å². The van der Waals surface area contributed by atoms with E-state index < -0.39 is 0 Å². The fraction of sp³-hybridized carbons (Fsp3) is 0.600. The van der Waals surface area contributed by atoms with E-state index in [-0.39, 0.29) is 6.29 Å². The summed E-state index contributed by atoms with van der Waals surface area (Å²) in [5.74, 6) is 1.64. The van der Waals surface area contributed by atoms with Gasteiger partial charge in [-0.15, -0.1) is 0 Å². The zero-order chi connectivity index (χ0) is 14.2. The Balaban J connectivity index is 1.81. The summed E-state index contributed by atoms with van der Waals surface area (Å²) in [6.45, 7) is 7.87. The molecule has 0 aliphatic carbocycles. The van der Waals surface area contributed by atoms with E-state index in [0.717, 1.165) is 23.6 Å². The van der Waals surface area contributed by atoms with Crippen LogP contribution in [0.3, 0.4) is 0 Å². The molecule has 0 amide bonds. The fourth-order valence-electron chi connectivity index (χ4n) is 2.07. The highest BCUT2D eigenvalue weighted by Gasteiger charge is 2.12. The molecular weight excluding hydrogens is 258 g/mol. The maximum absolute atomic E-state index is 5.57. The summed E-state index contributed by atoms with van der Waals surface area (Å²) in [6.07, 6.45) is -0.192. The molecule has 0 unspecified atom stereocenters. The van der Waals surface area contributed by atoms with Crippen LogP contribution in [-0.4, -0.2) is 39.3 Å². The van der Waals surface area contributed by atoms with Crippen LogP contribution < -0.4 is 14.8 Å². The molecule has 0 spiro atoms. The SMILES string of the molecule is CCOC(CNCc1ccc2c(c1)OCCO2)OCC. The van der Waals surface area contributed by atoms with Gasteiger partial charge in [-0.2, -0.15) is 0 Å². The molecule has 0 saturated heterocycles. The number of fused-ring (bicyclic) bond motifs is 1. The van der Waals surface area contributed by atoms with E-state index >= 15 is 0 Å². The first-order valence-electron chi connectivity index (χ1n) is 7.16. The van der Waals surface area contributed by atoms with Gasteiger partial charge in [0, 0.05) is 26.3 Å². The first-order chi connectivity index (χ1) is 9.83. The standard InChI is InChI=1S/C15H23NO4/c1-3-17-15(18-4-2)11-16-10-12-5-6-13-14(9-12)20-8-7-19-13/h5-6,9,15-16H,3-4,7-8,10-11H2,1-2H3. The minimum Gasteiger partial charge on any atom is -0.486 e. The second kappa shape index (κ2) is 8.09. The van der Waals surface area contributed by atoms with E-state index in [1.165, 1.54) is 0 Å². The third-order valence-electron chi connectivity index (χ3n) is 2.95. The number of nitrogens with one attached hydrogen (secondary N) is 1. The van der Waals surface area contributed by atoms with Crippen molar-refractivity contribution in [3.05, 3.63) is 23.8 Å². The number of ether oxygens (including phenoxy) is 4. The van der Waals surface area contributed by atoms with Gasteiger partial charge in [-0.05, 0) is 31.5 Å². The van der Waals surface area contributed by atoms with Crippen molar-refractivity contribution in [3.8, 4) is 11.5 Å². The van der Waals surface area contributed by atoms with Crippen LogP contribution in [0.2, 0.25) is 0 Å². The molecule has 1 heterocycles. The molecule has 0 fully saturated rings. The zero-order valence-corrected chi connectivity index (χ0v) is 12.2. The molecule has 0 saturated carbocycles. The summed E-state index contributed by atoms with van der Waals surface area (Å²) in [7, 11) is 0. The molecule has 0 bridgehead atoms. The predicted octanol–water partition coefficient (Wildman–Crippen LogP) is 1.95. The molecule has 1 aromatic carbocycles. The van der Waals surface area contributed by atoms with Crippen molar-refractivity contribution in [1.29, 1.82) is 0 Å². The highest BCUT2D eigenvalue weighted by molar-refractivity contribution is 5.43. The molecule has 1 aromatic rings. The zero-order valence-electron chi connectivity index (χ0n) is 12.2. The second-order valence-electron chi connectivity index (χ2n) is 4.45. The Morgan fingerprint density at radius 1 is 1.10 bits per heavy atom. The molecule has 1 N–H and O–H groups in total. The molecule has 0 atom stereocenters. The van der Waals surface area contributed by atoms with Crippen molar-refractivity contribution in [2.45, 2.75) is 26.7 Å². The molecule has 112 valence electrons. The van der Waals surface area contributed by atoms with E-state index in [9.17, 15) is 0 Å². The predicted molar refractivity (Wildman–Crippen MR) is 76.2 cm³/mol. The van der Waals surface area contributed by atoms with Gasteiger partial charge >= 0.3 is 0 Å². The maximum atomic E-state index is 5.57. The van der Waals surface area contributed by atoms with Crippen LogP contribution in [0.1, 0.15) is 19.4 Å². The largest absolute Gasteiger partial charge is 0.486 e. The fourth-order valence-corrected chi connectivity index (χ4v) is 2.07. The van der Waals surface area contributed by atoms with Crippen LogP contribution >= 0.6 is 0 Å². The molecule has 5 heteroatoms. The Labute approximate surface area is 120 Å². The van der Waals surface area contributed by atoms with Crippen molar-refractivity contribution >= 4 is 0 Å². The van der Waals surface area contributed by atoms with Gasteiger partial charge < -0.3 is 24.3 Å². The van der Waals surface area contributed by atoms with Crippen molar-refractivity contribution in [1.82, 2.24) is 5.32 Å². The summed E-state index contributed by atoms with van der Waals surface area (Å²) < 4.78 is 22.0. The Bertz CT molecular complexity index is 405. The highest BCUT2D eigenvalue weighted by atomic mass is 16.7. The number of hydrogen-bond acceptors (Lipinski definition) is 5. The van der Waals surface area contributed by atoms with Crippen LogP contribution in [0.4, 0.5) is 0 Å².